The number of hydrogen-bond acceptors (Lipinski definition) is 1. The van der Waals surface area contributed by atoms with Crippen molar-refractivity contribution in [3.8, 4) is 0 Å². The zero-order chi connectivity index (χ0) is 8.27. The number of aromatic nitrogens is 2. The summed E-state index contributed by atoms with van der Waals surface area (Å²) in [5.74, 6) is 0. The molecular weight excluding hydrogens is 136 g/mol. The molecule has 1 heterocycles. The molecule has 0 aliphatic rings. The number of allylic oxidation sites excluding steroid dienone is 2. The molecule has 0 spiro atoms. The van der Waals surface area contributed by atoms with E-state index in [9.17, 15) is 0 Å². The molecule has 0 bridgehead atoms. The lowest BCUT2D eigenvalue weighted by Gasteiger charge is -2.03. The molecule has 1 aromatic heterocycles. The number of imidazole rings is 1. The fraction of sp³-hybridized carbons (Fsp3) is 0.444. The molecule has 0 saturated carbocycles. The Morgan fingerprint density at radius 1 is 1.73 bits per heavy atom. The van der Waals surface area contributed by atoms with Crippen LogP contribution in [0.3, 0.4) is 0 Å². The van der Waals surface area contributed by atoms with Crippen LogP contribution in [-0.4, -0.2) is 9.55 Å². The molecular formula is C9H14N2. The minimum Gasteiger partial charge on any atom is -0.331 e. The van der Waals surface area contributed by atoms with Crippen molar-refractivity contribution >= 4 is 5.57 Å². The van der Waals surface area contributed by atoms with E-state index >= 15 is 0 Å². The van der Waals surface area contributed by atoms with Crippen LogP contribution in [0.15, 0.2) is 18.6 Å². The maximum absolute atomic E-state index is 4.08. The summed E-state index contributed by atoms with van der Waals surface area (Å²) in [6, 6.07) is 0. The van der Waals surface area contributed by atoms with Gasteiger partial charge in [-0.15, -0.1) is 0 Å². The Hall–Kier alpha value is -1.05. The van der Waals surface area contributed by atoms with Crippen molar-refractivity contribution in [2.45, 2.75) is 27.3 Å². The van der Waals surface area contributed by atoms with Crippen molar-refractivity contribution in [3.05, 3.63) is 24.3 Å². The number of aryl methyl sites for hydroxylation is 1. The van der Waals surface area contributed by atoms with Crippen molar-refractivity contribution < 1.29 is 0 Å². The molecule has 0 aliphatic heterocycles. The summed E-state index contributed by atoms with van der Waals surface area (Å²) in [6.45, 7) is 7.25. The largest absolute Gasteiger partial charge is 0.331 e. The summed E-state index contributed by atoms with van der Waals surface area (Å²) in [5.41, 5.74) is 2.50. The van der Waals surface area contributed by atoms with Crippen LogP contribution < -0.4 is 0 Å². The highest BCUT2D eigenvalue weighted by Gasteiger charge is 1.99. The van der Waals surface area contributed by atoms with E-state index in [4.69, 9.17) is 0 Å². The van der Waals surface area contributed by atoms with Crippen LogP contribution in [0.5, 0.6) is 0 Å². The summed E-state index contributed by atoms with van der Waals surface area (Å²) in [5, 5.41) is 0. The predicted molar refractivity (Wildman–Crippen MR) is 47.2 cm³/mol. The van der Waals surface area contributed by atoms with E-state index in [1.807, 2.05) is 19.4 Å². The third-order valence-corrected chi connectivity index (χ3v) is 1.89. The van der Waals surface area contributed by atoms with Crippen LogP contribution in [0.25, 0.3) is 5.57 Å². The summed E-state index contributed by atoms with van der Waals surface area (Å²) < 4.78 is 2.13. The third kappa shape index (κ3) is 1.50. The monoisotopic (exact) mass is 150 g/mol. The van der Waals surface area contributed by atoms with Crippen LogP contribution in [0.4, 0.5) is 0 Å². The average molecular weight is 150 g/mol. The zero-order valence-electron chi connectivity index (χ0n) is 7.33. The minimum atomic E-state index is 0.987. The summed E-state index contributed by atoms with van der Waals surface area (Å²) in [6.07, 6.45) is 5.87. The molecule has 1 aromatic rings. The maximum atomic E-state index is 4.08. The molecule has 0 saturated heterocycles. The Kier molecular flexibility index (Phi) is 2.47. The van der Waals surface area contributed by atoms with Crippen LogP contribution in [0, 0.1) is 0 Å². The molecule has 1 rings (SSSR count). The lowest BCUT2D eigenvalue weighted by atomic mass is 10.2. The fourth-order valence-electron chi connectivity index (χ4n) is 1.05. The van der Waals surface area contributed by atoms with Crippen LogP contribution >= 0.6 is 0 Å². The molecule has 60 valence electrons. The van der Waals surface area contributed by atoms with E-state index in [2.05, 4.69) is 29.5 Å². The first kappa shape index (κ1) is 8.05. The van der Waals surface area contributed by atoms with E-state index in [0.717, 1.165) is 6.54 Å². The van der Waals surface area contributed by atoms with Gasteiger partial charge in [-0.2, -0.15) is 0 Å². The quantitative estimate of drug-likeness (QED) is 0.632. The van der Waals surface area contributed by atoms with Crippen molar-refractivity contribution in [3.63, 3.8) is 0 Å². The second-order valence-corrected chi connectivity index (χ2v) is 2.54. The van der Waals surface area contributed by atoms with E-state index < -0.39 is 0 Å². The molecule has 0 aromatic carbocycles. The molecule has 0 aliphatic carbocycles. The van der Waals surface area contributed by atoms with Crippen molar-refractivity contribution in [2.24, 2.45) is 0 Å². The first-order valence-corrected chi connectivity index (χ1v) is 3.93. The van der Waals surface area contributed by atoms with Crippen LogP contribution in [0.2, 0.25) is 0 Å². The molecule has 0 radical (unpaired) electrons. The predicted octanol–water partition coefficient (Wildman–Crippen LogP) is 2.33. The smallest absolute Gasteiger partial charge is 0.0950 e. The van der Waals surface area contributed by atoms with E-state index in [0.29, 0.717) is 0 Å². The Bertz CT molecular complexity index is 258. The van der Waals surface area contributed by atoms with Gasteiger partial charge in [0, 0.05) is 6.54 Å². The lowest BCUT2D eigenvalue weighted by molar-refractivity contribution is 0.751. The molecule has 2 heteroatoms. The number of hydrogen-bond donors (Lipinski definition) is 0. The Balaban J connectivity index is 3.02. The van der Waals surface area contributed by atoms with E-state index in [1.54, 1.807) is 0 Å². The van der Waals surface area contributed by atoms with Crippen molar-refractivity contribution in [2.75, 3.05) is 0 Å². The number of rotatable bonds is 2. The van der Waals surface area contributed by atoms with Crippen LogP contribution in [-0.2, 0) is 6.54 Å². The van der Waals surface area contributed by atoms with Gasteiger partial charge in [-0.25, -0.2) is 4.98 Å². The Morgan fingerprint density at radius 3 is 3.00 bits per heavy atom. The first-order valence-electron chi connectivity index (χ1n) is 3.93. The molecule has 0 unspecified atom stereocenters. The molecule has 11 heavy (non-hydrogen) atoms. The second-order valence-electron chi connectivity index (χ2n) is 2.54. The molecule has 0 atom stereocenters. The maximum Gasteiger partial charge on any atom is 0.0950 e. The van der Waals surface area contributed by atoms with Gasteiger partial charge in [0.15, 0.2) is 0 Å². The highest BCUT2D eigenvalue weighted by molar-refractivity contribution is 5.59. The van der Waals surface area contributed by atoms with Gasteiger partial charge in [-0.1, -0.05) is 6.08 Å². The van der Waals surface area contributed by atoms with Crippen molar-refractivity contribution in [1.29, 1.82) is 0 Å². The SMILES string of the molecule is C/C=C(\C)c1cncn1CC. The minimum absolute atomic E-state index is 0.987. The molecule has 2 nitrogen and oxygen atoms in total. The van der Waals surface area contributed by atoms with Crippen molar-refractivity contribution in [1.82, 2.24) is 9.55 Å². The first-order chi connectivity index (χ1) is 5.29. The average Bonchev–Trinajstić information content (AvgIpc) is 2.50. The van der Waals surface area contributed by atoms with Crippen LogP contribution in [0.1, 0.15) is 26.5 Å². The third-order valence-electron chi connectivity index (χ3n) is 1.89. The fourth-order valence-corrected chi connectivity index (χ4v) is 1.05. The van der Waals surface area contributed by atoms with Gasteiger partial charge in [0.05, 0.1) is 18.2 Å². The number of nitrogens with zero attached hydrogens (tertiary/aromatic N) is 2. The van der Waals surface area contributed by atoms with Gasteiger partial charge in [0.25, 0.3) is 0 Å². The van der Waals surface area contributed by atoms with Gasteiger partial charge in [0.2, 0.25) is 0 Å². The lowest BCUT2D eigenvalue weighted by Crippen LogP contribution is -1.96. The summed E-state index contributed by atoms with van der Waals surface area (Å²) in [7, 11) is 0. The molecule has 0 fully saturated rings. The highest BCUT2D eigenvalue weighted by atomic mass is 15.0. The molecule has 0 amide bonds. The van der Waals surface area contributed by atoms with Gasteiger partial charge in [-0.3, -0.25) is 0 Å². The van der Waals surface area contributed by atoms with Gasteiger partial charge in [0.1, 0.15) is 0 Å². The van der Waals surface area contributed by atoms with Gasteiger partial charge >= 0.3 is 0 Å². The standard InChI is InChI=1S/C9H14N2/c1-4-8(3)9-6-10-7-11(9)5-2/h4,6-7H,5H2,1-3H3/b8-4+. The van der Waals surface area contributed by atoms with Gasteiger partial charge in [-0.05, 0) is 26.3 Å². The summed E-state index contributed by atoms with van der Waals surface area (Å²) in [4.78, 5) is 4.08. The molecule has 0 N–H and O–H groups in total. The topological polar surface area (TPSA) is 17.8 Å². The van der Waals surface area contributed by atoms with E-state index in [-0.39, 0.29) is 0 Å². The zero-order valence-corrected chi connectivity index (χ0v) is 7.33. The highest BCUT2D eigenvalue weighted by Crippen LogP contribution is 2.11. The Labute approximate surface area is 67.6 Å². The Morgan fingerprint density at radius 2 is 2.45 bits per heavy atom. The second kappa shape index (κ2) is 3.37. The van der Waals surface area contributed by atoms with E-state index in [1.165, 1.54) is 11.3 Å². The normalized spacial score (nSPS) is 12.1. The van der Waals surface area contributed by atoms with Gasteiger partial charge < -0.3 is 4.57 Å². The summed E-state index contributed by atoms with van der Waals surface area (Å²) >= 11 is 0.